The Morgan fingerprint density at radius 1 is 1.54 bits per heavy atom. The molecule has 1 heteroatoms. The van der Waals surface area contributed by atoms with Crippen molar-refractivity contribution in [3.63, 3.8) is 0 Å². The zero-order chi connectivity index (χ0) is 9.47. The van der Waals surface area contributed by atoms with Gasteiger partial charge in [0.1, 0.15) is 0 Å². The molecule has 72 valence electrons. The van der Waals surface area contributed by atoms with Gasteiger partial charge >= 0.3 is 0 Å². The molecular weight excluding hydrogens is 160 g/mol. The highest BCUT2D eigenvalue weighted by Crippen LogP contribution is 2.41. The zero-order valence-electron chi connectivity index (χ0n) is 8.51. The molecule has 2 atom stereocenters. The van der Waals surface area contributed by atoms with Gasteiger partial charge in [-0.05, 0) is 39.5 Å². The summed E-state index contributed by atoms with van der Waals surface area (Å²) in [5.74, 6) is 0.301. The number of rotatable bonds is 0. The molecule has 0 unspecified atom stereocenters. The Balaban J connectivity index is 2.29. The molecule has 13 heavy (non-hydrogen) atoms. The van der Waals surface area contributed by atoms with E-state index < -0.39 is 5.60 Å². The van der Waals surface area contributed by atoms with Crippen molar-refractivity contribution in [3.8, 4) is 0 Å². The summed E-state index contributed by atoms with van der Waals surface area (Å²) >= 11 is 0. The van der Waals surface area contributed by atoms with Crippen molar-refractivity contribution in [1.82, 2.24) is 0 Å². The zero-order valence-corrected chi connectivity index (χ0v) is 8.51. The lowest BCUT2D eigenvalue weighted by molar-refractivity contribution is 0.00731. The Labute approximate surface area is 80.2 Å². The fraction of sp³-hybridized carbons (Fsp3) is 0.667. The Morgan fingerprint density at radius 2 is 2.31 bits per heavy atom. The third-order valence-electron chi connectivity index (χ3n) is 3.36. The Hall–Kier alpha value is -0.560. The van der Waals surface area contributed by atoms with E-state index in [1.54, 1.807) is 0 Å². The first-order valence-electron chi connectivity index (χ1n) is 5.18. The topological polar surface area (TPSA) is 20.2 Å². The minimum absolute atomic E-state index is 0.301. The van der Waals surface area contributed by atoms with Gasteiger partial charge in [0.25, 0.3) is 0 Å². The minimum atomic E-state index is -0.494. The van der Waals surface area contributed by atoms with Crippen LogP contribution in [0.25, 0.3) is 0 Å². The molecule has 2 aliphatic rings. The van der Waals surface area contributed by atoms with Crippen LogP contribution in [0.15, 0.2) is 23.3 Å². The average molecular weight is 178 g/mol. The lowest BCUT2D eigenvalue weighted by atomic mass is 9.70. The number of hydrogen-bond donors (Lipinski definition) is 1. The summed E-state index contributed by atoms with van der Waals surface area (Å²) in [7, 11) is 0. The van der Waals surface area contributed by atoms with Gasteiger partial charge in [0, 0.05) is 5.92 Å². The third-order valence-corrected chi connectivity index (χ3v) is 3.36. The van der Waals surface area contributed by atoms with Gasteiger partial charge in [0.15, 0.2) is 0 Å². The van der Waals surface area contributed by atoms with Crippen LogP contribution in [0.3, 0.4) is 0 Å². The molecule has 0 aromatic carbocycles. The summed E-state index contributed by atoms with van der Waals surface area (Å²) in [6.45, 7) is 4.12. The lowest BCUT2D eigenvalue weighted by Crippen LogP contribution is -2.38. The molecule has 0 bridgehead atoms. The second-order valence-corrected chi connectivity index (χ2v) is 4.68. The van der Waals surface area contributed by atoms with Crippen LogP contribution in [0, 0.1) is 5.92 Å². The number of allylic oxidation sites excluding steroid dienone is 2. The van der Waals surface area contributed by atoms with E-state index in [9.17, 15) is 5.11 Å². The van der Waals surface area contributed by atoms with Crippen molar-refractivity contribution in [2.45, 2.75) is 45.1 Å². The highest BCUT2D eigenvalue weighted by atomic mass is 16.3. The first kappa shape index (κ1) is 9.01. The maximum Gasteiger partial charge on any atom is 0.0719 e. The lowest BCUT2D eigenvalue weighted by Gasteiger charge is -2.39. The highest BCUT2D eigenvalue weighted by molar-refractivity contribution is 5.29. The second kappa shape index (κ2) is 2.98. The predicted molar refractivity (Wildman–Crippen MR) is 54.4 cm³/mol. The molecular formula is C12H18O. The van der Waals surface area contributed by atoms with Crippen LogP contribution in [0.1, 0.15) is 39.5 Å². The van der Waals surface area contributed by atoms with Crippen LogP contribution in [-0.2, 0) is 0 Å². The molecule has 0 radical (unpaired) electrons. The van der Waals surface area contributed by atoms with E-state index >= 15 is 0 Å². The van der Waals surface area contributed by atoms with E-state index in [2.05, 4.69) is 19.1 Å². The summed E-state index contributed by atoms with van der Waals surface area (Å²) in [6.07, 6.45) is 8.93. The fourth-order valence-electron chi connectivity index (χ4n) is 2.52. The molecule has 2 aliphatic carbocycles. The number of fused-ring (bicyclic) bond motifs is 1. The van der Waals surface area contributed by atoms with E-state index in [1.165, 1.54) is 17.6 Å². The molecule has 0 spiro atoms. The largest absolute Gasteiger partial charge is 0.389 e. The molecule has 1 nitrogen and oxygen atoms in total. The van der Waals surface area contributed by atoms with Crippen LogP contribution < -0.4 is 0 Å². The standard InChI is InChI=1S/C12H18O/c1-9-5-6-10-4-3-7-12(2,13)11(10)8-9/h6,8,11,13H,3-5,7H2,1-2H3/t11-,12-/m0/s1. The molecule has 0 heterocycles. The van der Waals surface area contributed by atoms with E-state index in [1.807, 2.05) is 6.92 Å². The van der Waals surface area contributed by atoms with Gasteiger partial charge in [-0.25, -0.2) is 0 Å². The Morgan fingerprint density at radius 3 is 3.08 bits per heavy atom. The van der Waals surface area contributed by atoms with Crippen LogP contribution in [0.4, 0.5) is 0 Å². The fourth-order valence-corrected chi connectivity index (χ4v) is 2.52. The molecule has 0 saturated heterocycles. The molecule has 0 aromatic heterocycles. The number of hydrogen-bond acceptors (Lipinski definition) is 1. The Bertz CT molecular complexity index is 271. The summed E-state index contributed by atoms with van der Waals surface area (Å²) < 4.78 is 0. The van der Waals surface area contributed by atoms with E-state index in [0.29, 0.717) is 5.92 Å². The summed E-state index contributed by atoms with van der Waals surface area (Å²) in [5.41, 5.74) is 2.36. The SMILES string of the molecule is CC1=C[C@H]2C(=CC1)CCC[C@]2(C)O. The van der Waals surface area contributed by atoms with Crippen molar-refractivity contribution < 1.29 is 5.11 Å². The Kier molecular flexibility index (Phi) is 2.07. The van der Waals surface area contributed by atoms with Crippen LogP contribution in [0.5, 0.6) is 0 Å². The van der Waals surface area contributed by atoms with Crippen molar-refractivity contribution in [2.75, 3.05) is 0 Å². The molecule has 1 N–H and O–H groups in total. The van der Waals surface area contributed by atoms with Crippen LogP contribution >= 0.6 is 0 Å². The summed E-state index contributed by atoms with van der Waals surface area (Å²) in [5, 5.41) is 10.2. The van der Waals surface area contributed by atoms with Crippen LogP contribution in [0.2, 0.25) is 0 Å². The monoisotopic (exact) mass is 178 g/mol. The average Bonchev–Trinajstić information content (AvgIpc) is 2.06. The van der Waals surface area contributed by atoms with Gasteiger partial charge < -0.3 is 5.11 Å². The summed E-state index contributed by atoms with van der Waals surface area (Å²) in [4.78, 5) is 0. The van der Waals surface area contributed by atoms with Crippen molar-refractivity contribution in [3.05, 3.63) is 23.3 Å². The van der Waals surface area contributed by atoms with Crippen molar-refractivity contribution in [1.29, 1.82) is 0 Å². The van der Waals surface area contributed by atoms with E-state index in [0.717, 1.165) is 19.3 Å². The van der Waals surface area contributed by atoms with Gasteiger partial charge in [-0.1, -0.05) is 23.3 Å². The predicted octanol–water partition coefficient (Wildman–Crippen LogP) is 2.81. The van der Waals surface area contributed by atoms with Crippen molar-refractivity contribution >= 4 is 0 Å². The van der Waals surface area contributed by atoms with Gasteiger partial charge in [-0.2, -0.15) is 0 Å². The minimum Gasteiger partial charge on any atom is -0.389 e. The molecule has 0 aromatic rings. The van der Waals surface area contributed by atoms with Gasteiger partial charge in [0.2, 0.25) is 0 Å². The number of aliphatic hydroxyl groups is 1. The smallest absolute Gasteiger partial charge is 0.0719 e. The van der Waals surface area contributed by atoms with E-state index in [4.69, 9.17) is 0 Å². The normalized spacial score (nSPS) is 39.2. The molecule has 2 rings (SSSR count). The quantitative estimate of drug-likeness (QED) is 0.565. The highest BCUT2D eigenvalue weighted by Gasteiger charge is 2.36. The maximum absolute atomic E-state index is 10.2. The van der Waals surface area contributed by atoms with Crippen molar-refractivity contribution in [2.24, 2.45) is 5.92 Å². The first-order chi connectivity index (χ1) is 6.09. The third kappa shape index (κ3) is 1.58. The van der Waals surface area contributed by atoms with Crippen LogP contribution in [-0.4, -0.2) is 10.7 Å². The van der Waals surface area contributed by atoms with Gasteiger partial charge in [0.05, 0.1) is 5.60 Å². The van der Waals surface area contributed by atoms with Gasteiger partial charge in [-0.3, -0.25) is 0 Å². The van der Waals surface area contributed by atoms with E-state index in [-0.39, 0.29) is 0 Å². The maximum atomic E-state index is 10.2. The molecule has 1 saturated carbocycles. The second-order valence-electron chi connectivity index (χ2n) is 4.68. The molecule has 0 aliphatic heterocycles. The first-order valence-corrected chi connectivity index (χ1v) is 5.18. The van der Waals surface area contributed by atoms with Gasteiger partial charge in [-0.15, -0.1) is 0 Å². The summed E-state index contributed by atoms with van der Waals surface area (Å²) in [6, 6.07) is 0. The molecule has 1 fully saturated rings. The molecule has 0 amide bonds.